The first kappa shape index (κ1) is 19.8. The zero-order valence-electron chi connectivity index (χ0n) is 16.3. The third kappa shape index (κ3) is 3.61. The Morgan fingerprint density at radius 2 is 1.84 bits per heavy atom. The average molecular weight is 444 g/mol. The summed E-state index contributed by atoms with van der Waals surface area (Å²) in [5.74, 6) is -2.11. The first-order valence-electron chi connectivity index (χ1n) is 9.94. The van der Waals surface area contributed by atoms with Gasteiger partial charge in [0.2, 0.25) is 12.7 Å². The van der Waals surface area contributed by atoms with Crippen LogP contribution in [0.3, 0.4) is 0 Å². The highest BCUT2D eigenvalue weighted by molar-refractivity contribution is 7.14. The Kier molecular flexibility index (Phi) is 5.03. The minimum absolute atomic E-state index is 0.180. The number of fused-ring (bicyclic) bond motifs is 3. The summed E-state index contributed by atoms with van der Waals surface area (Å²) >= 11 is 1.22. The lowest BCUT2D eigenvalue weighted by atomic mass is 9.79. The fourth-order valence-electron chi connectivity index (χ4n) is 4.43. The second kappa shape index (κ2) is 7.86. The number of carbonyl (C=O) groups is 3. The molecule has 0 spiro atoms. The normalized spacial score (nSPS) is 25.4. The number of rotatable bonds is 6. The number of benzene rings is 1. The van der Waals surface area contributed by atoms with Gasteiger partial charge in [-0.1, -0.05) is 6.07 Å². The number of hydrogen-bond acceptors (Lipinski definition) is 7. The number of carbonyl (C=O) groups excluding carboxylic acids is 2. The van der Waals surface area contributed by atoms with Gasteiger partial charge in [-0.3, -0.25) is 14.4 Å². The fourth-order valence-corrected chi connectivity index (χ4v) is 5.22. The summed E-state index contributed by atoms with van der Waals surface area (Å²) < 4.78 is 16.3. The molecule has 162 valence electrons. The van der Waals surface area contributed by atoms with Gasteiger partial charge in [0.15, 0.2) is 11.5 Å². The number of carboxylic acids is 1. The summed E-state index contributed by atoms with van der Waals surface area (Å²) in [6.45, 7) is 0.458. The molecule has 10 heteroatoms. The Hall–Kier alpha value is -3.11. The molecule has 9 nitrogen and oxygen atoms in total. The van der Waals surface area contributed by atoms with Gasteiger partial charge in [-0.05, 0) is 42.0 Å². The van der Waals surface area contributed by atoms with Crippen molar-refractivity contribution in [2.45, 2.75) is 31.6 Å². The Labute approximate surface area is 181 Å². The molecule has 4 heterocycles. The van der Waals surface area contributed by atoms with E-state index in [9.17, 15) is 19.5 Å². The highest BCUT2D eigenvalue weighted by atomic mass is 32.1. The van der Waals surface area contributed by atoms with Gasteiger partial charge in [0.25, 0.3) is 5.91 Å². The quantitative estimate of drug-likeness (QED) is 0.624. The molecule has 3 aliphatic rings. The van der Waals surface area contributed by atoms with Crippen molar-refractivity contribution >= 4 is 34.1 Å². The van der Waals surface area contributed by atoms with Crippen molar-refractivity contribution in [2.24, 2.45) is 11.8 Å². The van der Waals surface area contributed by atoms with Crippen molar-refractivity contribution in [3.63, 3.8) is 0 Å². The van der Waals surface area contributed by atoms with E-state index in [-0.39, 0.29) is 19.2 Å². The van der Waals surface area contributed by atoms with Crippen molar-refractivity contribution in [2.75, 3.05) is 12.1 Å². The van der Waals surface area contributed by atoms with Gasteiger partial charge in [-0.15, -0.1) is 11.3 Å². The third-order valence-corrected chi connectivity index (χ3v) is 6.73. The van der Waals surface area contributed by atoms with Crippen LogP contribution >= 0.6 is 11.3 Å². The first-order valence-corrected chi connectivity index (χ1v) is 10.8. The van der Waals surface area contributed by atoms with Crippen LogP contribution in [0.4, 0.5) is 5.00 Å². The number of aliphatic carboxylic acids is 1. The van der Waals surface area contributed by atoms with Crippen LogP contribution in [0, 0.1) is 11.8 Å². The van der Waals surface area contributed by atoms with E-state index in [0.29, 0.717) is 34.9 Å². The Morgan fingerprint density at radius 1 is 1.06 bits per heavy atom. The molecule has 2 bridgehead atoms. The van der Waals surface area contributed by atoms with E-state index in [0.717, 1.165) is 5.56 Å². The highest BCUT2D eigenvalue weighted by Gasteiger charge is 2.55. The van der Waals surface area contributed by atoms with Crippen molar-refractivity contribution < 1.29 is 33.7 Å². The van der Waals surface area contributed by atoms with Crippen molar-refractivity contribution in [3.8, 4) is 11.5 Å². The molecular formula is C21H20N2O7S. The van der Waals surface area contributed by atoms with Crippen LogP contribution in [0.5, 0.6) is 11.5 Å². The van der Waals surface area contributed by atoms with Gasteiger partial charge in [0.05, 0.1) is 29.6 Å². The topological polar surface area (TPSA) is 123 Å². The monoisotopic (exact) mass is 444 g/mol. The Balaban J connectivity index is 1.24. The maximum Gasteiger partial charge on any atom is 0.310 e. The van der Waals surface area contributed by atoms with E-state index in [1.807, 2.05) is 6.07 Å². The Morgan fingerprint density at radius 3 is 2.65 bits per heavy atom. The highest BCUT2D eigenvalue weighted by Crippen LogP contribution is 2.44. The molecule has 2 saturated heterocycles. The van der Waals surface area contributed by atoms with E-state index in [2.05, 4.69) is 10.6 Å². The van der Waals surface area contributed by atoms with E-state index in [1.54, 1.807) is 23.6 Å². The van der Waals surface area contributed by atoms with Crippen LogP contribution in [0.2, 0.25) is 0 Å². The number of ether oxygens (including phenoxy) is 3. The standard InChI is InChI=1S/C21H20N2O7S/c24-18(22-8-10-1-2-12-15(7-10)29-9-28-12)11-5-6-31-20(11)23-19(25)16-13-3-4-14(30-13)17(16)21(26)27/h1-2,5-7,13-14,16-17H,3-4,8-9H2,(H,22,24)(H,23,25)(H,26,27)/t13-,14+,16-,17+/m1/s1. The lowest BCUT2D eigenvalue weighted by Gasteiger charge is -2.23. The Bertz CT molecular complexity index is 1050. The van der Waals surface area contributed by atoms with Gasteiger partial charge in [0, 0.05) is 6.54 Å². The summed E-state index contributed by atoms with van der Waals surface area (Å²) in [4.78, 5) is 37.2. The molecule has 3 aliphatic heterocycles. The zero-order valence-corrected chi connectivity index (χ0v) is 17.1. The second-order valence-electron chi connectivity index (χ2n) is 7.70. The summed E-state index contributed by atoms with van der Waals surface area (Å²) in [7, 11) is 0. The van der Waals surface area contributed by atoms with Gasteiger partial charge in [0.1, 0.15) is 5.00 Å². The summed E-state index contributed by atoms with van der Waals surface area (Å²) in [5.41, 5.74) is 1.18. The van der Waals surface area contributed by atoms with Crippen molar-refractivity contribution in [3.05, 3.63) is 40.8 Å². The largest absolute Gasteiger partial charge is 0.481 e. The molecule has 2 amide bonds. The van der Waals surface area contributed by atoms with Crippen molar-refractivity contribution in [1.29, 1.82) is 0 Å². The lowest BCUT2D eigenvalue weighted by Crippen LogP contribution is -2.41. The molecule has 0 aliphatic carbocycles. The zero-order chi connectivity index (χ0) is 21.5. The SMILES string of the molecule is O=C(NCc1ccc2c(c1)OCO2)c1ccsc1NC(=O)[C@H]1[C@@H](C(=O)O)[C@@H]2CC[C@H]1O2. The average Bonchev–Trinajstić information content (AvgIpc) is 3.54. The molecular weight excluding hydrogens is 424 g/mol. The van der Waals surface area contributed by atoms with E-state index in [1.165, 1.54) is 11.3 Å². The van der Waals surface area contributed by atoms with Gasteiger partial charge in [-0.2, -0.15) is 0 Å². The minimum atomic E-state index is -1.03. The van der Waals surface area contributed by atoms with Gasteiger partial charge >= 0.3 is 5.97 Å². The number of hydrogen-bond donors (Lipinski definition) is 3. The van der Waals surface area contributed by atoms with Crippen LogP contribution in [-0.4, -0.2) is 41.9 Å². The molecule has 1 aromatic carbocycles. The van der Waals surface area contributed by atoms with E-state index >= 15 is 0 Å². The van der Waals surface area contributed by atoms with Gasteiger partial charge < -0.3 is 30.0 Å². The second-order valence-corrected chi connectivity index (χ2v) is 8.62. The number of nitrogens with one attached hydrogen (secondary N) is 2. The number of carboxylic acid groups (broad SMARTS) is 1. The van der Waals surface area contributed by atoms with Crippen LogP contribution in [0.25, 0.3) is 0 Å². The minimum Gasteiger partial charge on any atom is -0.481 e. The number of anilines is 1. The molecule has 0 unspecified atom stereocenters. The molecule has 0 radical (unpaired) electrons. The summed E-state index contributed by atoms with van der Waals surface area (Å²) in [6, 6.07) is 7.06. The van der Waals surface area contributed by atoms with Crippen LogP contribution in [-0.2, 0) is 20.9 Å². The van der Waals surface area contributed by atoms with Gasteiger partial charge in [-0.25, -0.2) is 0 Å². The fraction of sp³-hybridized carbons (Fsp3) is 0.381. The smallest absolute Gasteiger partial charge is 0.310 e. The first-order chi connectivity index (χ1) is 15.0. The van der Waals surface area contributed by atoms with E-state index < -0.39 is 35.9 Å². The molecule has 31 heavy (non-hydrogen) atoms. The predicted molar refractivity (Wildman–Crippen MR) is 109 cm³/mol. The molecule has 3 N–H and O–H groups in total. The molecule has 5 rings (SSSR count). The van der Waals surface area contributed by atoms with Crippen LogP contribution in [0.15, 0.2) is 29.6 Å². The molecule has 1 aromatic heterocycles. The third-order valence-electron chi connectivity index (χ3n) is 5.90. The molecule has 2 aromatic rings. The lowest BCUT2D eigenvalue weighted by molar-refractivity contribution is -0.147. The number of amides is 2. The summed E-state index contributed by atoms with van der Waals surface area (Å²) in [6.07, 6.45) is 0.498. The molecule has 4 atom stereocenters. The van der Waals surface area contributed by atoms with Crippen LogP contribution < -0.4 is 20.1 Å². The van der Waals surface area contributed by atoms with Crippen molar-refractivity contribution in [1.82, 2.24) is 5.32 Å². The molecule has 0 saturated carbocycles. The predicted octanol–water partition coefficient (Wildman–Crippen LogP) is 2.22. The van der Waals surface area contributed by atoms with Crippen LogP contribution in [0.1, 0.15) is 28.8 Å². The maximum atomic E-state index is 12.9. The molecule has 2 fully saturated rings. The maximum absolute atomic E-state index is 12.9. The van der Waals surface area contributed by atoms with E-state index in [4.69, 9.17) is 14.2 Å². The summed E-state index contributed by atoms with van der Waals surface area (Å²) in [5, 5.41) is 17.2. The number of thiophene rings is 1.